The van der Waals surface area contributed by atoms with Gasteiger partial charge in [0.1, 0.15) is 121 Å². The number of nitrogens with one attached hydrogen (secondary N) is 8. The molecule has 37 heteroatoms. The molecule has 25 atom stereocenters. The molecule has 6 aliphatic rings. The van der Waals surface area contributed by atoms with Gasteiger partial charge in [0, 0.05) is 25.4 Å². The van der Waals surface area contributed by atoms with E-state index in [-0.39, 0.29) is 30.4 Å². The monoisotopic (exact) mass is 1460 g/mol. The van der Waals surface area contributed by atoms with Crippen molar-refractivity contribution in [1.29, 1.82) is 5.41 Å². The van der Waals surface area contributed by atoms with Gasteiger partial charge in [-0.3, -0.25) is 39.2 Å². The van der Waals surface area contributed by atoms with E-state index < -0.39 is 240 Å². The lowest BCUT2D eigenvalue weighted by atomic mass is 9.92. The second kappa shape index (κ2) is 34.5. The fourth-order valence-corrected chi connectivity index (χ4v) is 13.2. The van der Waals surface area contributed by atoms with Crippen LogP contribution < -0.4 is 47.7 Å². The Labute approximate surface area is 593 Å². The molecule has 0 radical (unpaired) electrons. The van der Waals surface area contributed by atoms with E-state index in [1.54, 1.807) is 49.4 Å². The van der Waals surface area contributed by atoms with Crippen LogP contribution in [0.2, 0.25) is 0 Å². The van der Waals surface area contributed by atoms with E-state index in [0.717, 1.165) is 16.0 Å². The molecule has 0 bridgehead atoms. The minimum Gasteiger partial charge on any atom is -0.462 e. The van der Waals surface area contributed by atoms with Crippen LogP contribution in [0.25, 0.3) is 11.1 Å². The summed E-state index contributed by atoms with van der Waals surface area (Å²) in [7, 11) is 0. The fraction of sp³-hybridized carbons (Fsp3) is 0.522. The number of aliphatic hydroxyl groups excluding tert-OH is 14. The Morgan fingerprint density at radius 1 is 0.558 bits per heavy atom. The summed E-state index contributed by atoms with van der Waals surface area (Å²) in [4.78, 5) is 95.4. The average molecular weight is 1460 g/mol. The number of carbonyl (C=O) groups is 6. The minimum atomic E-state index is -2.41. The van der Waals surface area contributed by atoms with Crippen molar-refractivity contribution in [3.8, 4) is 16.9 Å². The molecule has 37 nitrogen and oxygen atoms in total. The molecule has 6 aliphatic heterocycles. The highest BCUT2D eigenvalue weighted by Crippen LogP contribution is 2.34. The van der Waals surface area contributed by atoms with E-state index in [1.165, 1.54) is 29.2 Å². The van der Waals surface area contributed by atoms with Crippen molar-refractivity contribution in [2.45, 2.75) is 172 Å². The molecule has 0 aromatic heterocycles. The third-order valence-electron chi connectivity index (χ3n) is 19.2. The number of aliphatic hydroxyl groups is 14. The molecular weight excluding hydrogens is 1370 g/mol. The zero-order chi connectivity index (χ0) is 75.0. The van der Waals surface area contributed by atoms with E-state index in [1.807, 2.05) is 42.5 Å². The number of ether oxygens (including phenoxy) is 5. The van der Waals surface area contributed by atoms with Crippen LogP contribution in [0.5, 0.6) is 5.75 Å². The smallest absolute Gasteiger partial charge is 0.246 e. The number of benzene rings is 4. The Bertz CT molecular complexity index is 3630. The van der Waals surface area contributed by atoms with Crippen LogP contribution in [0.4, 0.5) is 0 Å². The second-order valence-electron chi connectivity index (χ2n) is 26.1. The number of nitrogens with two attached hydrogens (primary N) is 1. The van der Waals surface area contributed by atoms with Crippen molar-refractivity contribution in [3.63, 3.8) is 0 Å². The molecule has 5 unspecified atom stereocenters. The molecule has 4 aromatic rings. The molecular formula is C67H88N12O25. The third kappa shape index (κ3) is 17.5. The van der Waals surface area contributed by atoms with E-state index in [2.05, 4.69) is 42.2 Å². The van der Waals surface area contributed by atoms with Gasteiger partial charge in [-0.2, -0.15) is 0 Å². The first-order valence-corrected chi connectivity index (χ1v) is 33.5. The summed E-state index contributed by atoms with van der Waals surface area (Å²) in [6, 6.07) is 17.0. The SMILES string of the molecule is CC(c1ccccc1)[C@@H]1NC(=O)CNC(=O)[C@H](CO)NC(=O)[C@@H](C(O)C2CN(Cc3ccc(-c4ccccc4)cc3)C(=N)N2[C@H]2O[C@H](CO)[C@@H](O)[C@H](O)[C@@H]2O)NC(=O)[C@H](C(O)C2CN=C(N)N2)NC(=O)[C@@H](Cc2ccc(O[C@H]3O[C@H](CO)[C@@H](O[C@H]4O[C@H](CO)[C@@H](O)[C@H](O)[C@@H]4O)[C@H](O)[C@@H]3O)cc2)NC1=O. The van der Waals surface area contributed by atoms with Crippen molar-refractivity contribution in [2.24, 2.45) is 10.7 Å². The maximum Gasteiger partial charge on any atom is 0.246 e. The molecule has 0 spiro atoms. The van der Waals surface area contributed by atoms with Crippen LogP contribution in [0.15, 0.2) is 114 Å². The molecule has 6 amide bonds. The molecule has 10 rings (SSSR count). The molecule has 0 aliphatic carbocycles. The van der Waals surface area contributed by atoms with E-state index >= 15 is 19.2 Å². The number of aliphatic imine (C=N–C) groups is 1. The van der Waals surface area contributed by atoms with E-state index in [0.29, 0.717) is 11.1 Å². The Morgan fingerprint density at radius 2 is 1.11 bits per heavy atom. The van der Waals surface area contributed by atoms with Crippen molar-refractivity contribution in [1.82, 2.24) is 47.0 Å². The number of hydrogen-bond donors (Lipinski definition) is 23. The summed E-state index contributed by atoms with van der Waals surface area (Å²) >= 11 is 0. The van der Waals surface area contributed by atoms with Crippen LogP contribution in [-0.2, 0) is 60.7 Å². The Morgan fingerprint density at radius 3 is 1.73 bits per heavy atom. The van der Waals surface area contributed by atoms with Gasteiger partial charge in [-0.05, 0) is 39.9 Å². The first kappa shape index (κ1) is 77.9. The Kier molecular flexibility index (Phi) is 25.8. The first-order chi connectivity index (χ1) is 49.7. The average Bonchev–Trinajstić information content (AvgIpc) is 1.53. The summed E-state index contributed by atoms with van der Waals surface area (Å²) < 4.78 is 28.7. The molecule has 104 heavy (non-hydrogen) atoms. The topological polar surface area (TPSA) is 585 Å². The van der Waals surface area contributed by atoms with Gasteiger partial charge in [-0.15, -0.1) is 0 Å². The van der Waals surface area contributed by atoms with E-state index in [4.69, 9.17) is 29.4 Å². The Hall–Kier alpha value is -8.68. The maximum atomic E-state index is 15.5. The lowest BCUT2D eigenvalue weighted by Crippen LogP contribution is -2.69. The molecule has 4 aromatic carbocycles. The van der Waals surface area contributed by atoms with Crippen LogP contribution >= 0.6 is 0 Å². The van der Waals surface area contributed by atoms with Crippen LogP contribution in [-0.4, -0.2) is 321 Å². The summed E-state index contributed by atoms with van der Waals surface area (Å²) in [5.74, 6) is -9.14. The fourth-order valence-electron chi connectivity index (χ4n) is 13.2. The van der Waals surface area contributed by atoms with Gasteiger partial charge >= 0.3 is 0 Å². The van der Waals surface area contributed by atoms with Gasteiger partial charge in [-0.1, -0.05) is 104 Å². The number of amides is 6. The van der Waals surface area contributed by atoms with Gasteiger partial charge in [-0.25, -0.2) is 0 Å². The summed E-state index contributed by atoms with van der Waals surface area (Å²) in [6.45, 7) is -4.12. The second-order valence-corrected chi connectivity index (χ2v) is 26.1. The standard InChI is InChI=1S/C67H88N12O25/c1-29(32-8-4-2-5-9-32)44-60(97)72-36(20-30-14-18-35(19-15-30)100-64-56(94)53(91)57(42(28-83)103-64)104-65-55(93)52(90)50(88)41(27-82)102-65)59(96)76-45(47(85)37-21-71-66(68)74-37)62(99)77-46(61(98)73-38(25-80)58(95)70-22-43(84)75-44)48(86)39-24-78(23-31-12-16-34(17-13-31)33-10-6-3-7-11-33)67(69)79(39)63-54(92)51(89)49(87)40(26-81)101-63/h2-19,29,36-42,44-57,63-65,69,80-83,85-94H,20-28H2,1H3,(H,70,95)(H,72,97)(H,73,98)(H,75,84)(H,76,96)(H,77,99)(H3,68,71,74)/t29?,36-,37?,38+,39?,40-,41-,42-,44+,45+,46-,47?,48?,49-,50-,51+,52+,53-,54+,55+,56+,57-,63+,64+,65-/m1/s1. The largest absolute Gasteiger partial charge is 0.462 e. The molecule has 5 saturated heterocycles. The van der Waals surface area contributed by atoms with E-state index in [9.17, 15) is 86.5 Å². The first-order valence-electron chi connectivity index (χ1n) is 33.5. The van der Waals surface area contributed by atoms with Crippen LogP contribution in [0.1, 0.15) is 29.5 Å². The highest BCUT2D eigenvalue weighted by molar-refractivity contribution is 5.98. The summed E-state index contributed by atoms with van der Waals surface area (Å²) in [5.41, 5.74) is 8.97. The van der Waals surface area contributed by atoms with Gasteiger partial charge in [0.2, 0.25) is 41.7 Å². The highest BCUT2D eigenvalue weighted by atomic mass is 16.7. The van der Waals surface area contributed by atoms with Gasteiger partial charge < -0.3 is 148 Å². The van der Waals surface area contributed by atoms with Crippen molar-refractivity contribution >= 4 is 47.4 Å². The number of hydrogen-bond acceptors (Lipinski definition) is 29. The number of nitrogens with zero attached hydrogens (tertiary/aromatic N) is 3. The normalized spacial score (nSPS) is 34.4. The van der Waals surface area contributed by atoms with Gasteiger partial charge in [0.15, 0.2) is 24.4 Å². The number of guanidine groups is 2. The maximum absolute atomic E-state index is 15.5. The molecule has 566 valence electrons. The summed E-state index contributed by atoms with van der Waals surface area (Å²) in [6.07, 6.45) is -32.3. The minimum absolute atomic E-state index is 0.0801. The highest BCUT2D eigenvalue weighted by Gasteiger charge is 2.56. The third-order valence-corrected chi connectivity index (χ3v) is 19.2. The quantitative estimate of drug-likeness (QED) is 0.0391. The van der Waals surface area contributed by atoms with Crippen LogP contribution in [0, 0.1) is 5.41 Å². The number of rotatable bonds is 20. The summed E-state index contributed by atoms with van der Waals surface area (Å²) in [5, 5.41) is 181. The Balaban J connectivity index is 0.976. The zero-order valence-corrected chi connectivity index (χ0v) is 55.9. The number of carbonyl (C=O) groups excluding carboxylic acids is 6. The predicted molar refractivity (Wildman–Crippen MR) is 357 cm³/mol. The van der Waals surface area contributed by atoms with Crippen molar-refractivity contribution in [3.05, 3.63) is 126 Å². The molecule has 0 saturated carbocycles. The lowest BCUT2D eigenvalue weighted by molar-refractivity contribution is -0.352. The zero-order valence-electron chi connectivity index (χ0n) is 55.9. The molecule has 5 fully saturated rings. The van der Waals surface area contributed by atoms with Gasteiger partial charge in [0.05, 0.1) is 51.6 Å². The van der Waals surface area contributed by atoms with Crippen molar-refractivity contribution in [2.75, 3.05) is 46.1 Å². The molecule has 24 N–H and O–H groups in total. The van der Waals surface area contributed by atoms with Crippen molar-refractivity contribution < 1.29 is 124 Å². The van der Waals surface area contributed by atoms with Crippen LogP contribution in [0.3, 0.4) is 0 Å². The predicted octanol–water partition coefficient (Wildman–Crippen LogP) is -9.82. The molecule has 6 heterocycles. The lowest BCUT2D eigenvalue weighted by Gasteiger charge is -2.46. The van der Waals surface area contributed by atoms with Gasteiger partial charge in [0.25, 0.3) is 0 Å².